The summed E-state index contributed by atoms with van der Waals surface area (Å²) in [5, 5.41) is 0. The average Bonchev–Trinajstić information content (AvgIpc) is 2.65. The molecule has 0 aromatic carbocycles. The van der Waals surface area contributed by atoms with E-state index in [1.54, 1.807) is 5.57 Å². The Hall–Kier alpha value is -1.24. The fraction of sp³-hybridized carbons (Fsp3) is 0.667. The van der Waals surface area contributed by atoms with Gasteiger partial charge in [-0.1, -0.05) is 55.7 Å². The molecule has 2 rings (SSSR count). The molecule has 0 aromatic heterocycles. The summed E-state index contributed by atoms with van der Waals surface area (Å²) in [5.41, 5.74) is 4.51. The standard InChI is InChI=1S/C27H43O/c1-7-8-9-12-21(2)13-10-14-22(3)15-11-19-27(6)20-18-25-17-16-23(4)24(5)26(25)28-27/h7,13,15-17,23-24H,8-12,14,18-20H2,1-6H3/q-1/b21-13+,22-15+. The Labute approximate surface area is 175 Å². The van der Waals surface area contributed by atoms with E-state index in [9.17, 15) is 0 Å². The van der Waals surface area contributed by atoms with Crippen LogP contribution < -0.4 is 0 Å². The van der Waals surface area contributed by atoms with Crippen molar-refractivity contribution in [3.05, 3.63) is 53.2 Å². The highest BCUT2D eigenvalue weighted by Gasteiger charge is 2.35. The van der Waals surface area contributed by atoms with Crippen molar-refractivity contribution in [1.29, 1.82) is 0 Å². The summed E-state index contributed by atoms with van der Waals surface area (Å²) in [6.07, 6.45) is 22.5. The van der Waals surface area contributed by atoms with Gasteiger partial charge in [-0.3, -0.25) is 0 Å². The predicted octanol–water partition coefficient (Wildman–Crippen LogP) is 8.50. The smallest absolute Gasteiger partial charge is 0.106 e. The van der Waals surface area contributed by atoms with E-state index in [1.165, 1.54) is 55.4 Å². The van der Waals surface area contributed by atoms with Crippen molar-refractivity contribution in [2.45, 2.75) is 105 Å². The fourth-order valence-electron chi connectivity index (χ4n) is 4.26. The van der Waals surface area contributed by atoms with Gasteiger partial charge in [0.1, 0.15) is 11.4 Å². The molecule has 2 aliphatic rings. The minimum atomic E-state index is 0.00155. The van der Waals surface area contributed by atoms with Crippen molar-refractivity contribution in [1.82, 2.24) is 0 Å². The quantitative estimate of drug-likeness (QED) is 0.209. The van der Waals surface area contributed by atoms with Crippen LogP contribution in [0.2, 0.25) is 0 Å². The van der Waals surface area contributed by atoms with Gasteiger partial charge in [0.05, 0.1) is 0 Å². The molecule has 0 amide bonds. The summed E-state index contributed by atoms with van der Waals surface area (Å²) in [7, 11) is 0. The maximum Gasteiger partial charge on any atom is 0.106 e. The maximum absolute atomic E-state index is 6.59. The fourth-order valence-corrected chi connectivity index (χ4v) is 4.26. The highest BCUT2D eigenvalue weighted by molar-refractivity contribution is 5.31. The summed E-state index contributed by atoms with van der Waals surface area (Å²) in [6, 6.07) is 0. The molecule has 0 aromatic rings. The van der Waals surface area contributed by atoms with Gasteiger partial charge in [0.25, 0.3) is 0 Å². The van der Waals surface area contributed by atoms with Crippen LogP contribution in [0.1, 0.15) is 99.3 Å². The van der Waals surface area contributed by atoms with Gasteiger partial charge in [0.15, 0.2) is 0 Å². The lowest BCUT2D eigenvalue weighted by molar-refractivity contribution is -0.0261. The molecule has 0 radical (unpaired) electrons. The molecule has 1 nitrogen and oxygen atoms in total. The highest BCUT2D eigenvalue weighted by Crippen LogP contribution is 2.42. The lowest BCUT2D eigenvalue weighted by atomic mass is 9.80. The molecular weight excluding hydrogens is 340 g/mol. The van der Waals surface area contributed by atoms with E-state index in [2.05, 4.69) is 72.3 Å². The van der Waals surface area contributed by atoms with E-state index in [-0.39, 0.29) is 5.60 Å². The second-order valence-corrected chi connectivity index (χ2v) is 9.43. The van der Waals surface area contributed by atoms with Crippen LogP contribution in [-0.2, 0) is 4.74 Å². The second-order valence-electron chi connectivity index (χ2n) is 9.43. The van der Waals surface area contributed by atoms with Crippen LogP contribution in [0.15, 0.2) is 46.8 Å². The Morgan fingerprint density at radius 3 is 2.64 bits per heavy atom. The van der Waals surface area contributed by atoms with E-state index in [0.29, 0.717) is 11.8 Å². The van der Waals surface area contributed by atoms with E-state index in [1.807, 2.05) is 0 Å². The van der Waals surface area contributed by atoms with Crippen molar-refractivity contribution in [2.24, 2.45) is 11.8 Å². The zero-order chi connectivity index (χ0) is 20.6. The summed E-state index contributed by atoms with van der Waals surface area (Å²) >= 11 is 0. The van der Waals surface area contributed by atoms with Crippen molar-refractivity contribution in [3.8, 4) is 0 Å². The molecule has 0 spiro atoms. The minimum absolute atomic E-state index is 0.00155. The van der Waals surface area contributed by atoms with Crippen LogP contribution in [0.5, 0.6) is 0 Å². The molecule has 0 fully saturated rings. The number of ether oxygens (including phenoxy) is 1. The Bertz CT molecular complexity index is 618. The maximum atomic E-state index is 6.59. The molecule has 1 heterocycles. The van der Waals surface area contributed by atoms with Gasteiger partial charge in [-0.25, -0.2) is 0 Å². The molecule has 0 N–H and O–H groups in total. The SMILES string of the molecule is C[CH-]CCC/C(C)=C/CC/C(C)=C/CCC1(C)CCC2=C(O1)C(C)C(C)C=C2. The molecule has 1 aliphatic heterocycles. The second kappa shape index (κ2) is 11.1. The van der Waals surface area contributed by atoms with E-state index in [0.717, 1.165) is 19.3 Å². The summed E-state index contributed by atoms with van der Waals surface area (Å²) in [5.74, 6) is 2.37. The molecule has 0 bridgehead atoms. The molecule has 1 heteroatoms. The van der Waals surface area contributed by atoms with Gasteiger partial charge in [-0.2, -0.15) is 13.3 Å². The monoisotopic (exact) mass is 383 g/mol. The highest BCUT2D eigenvalue weighted by atomic mass is 16.5. The molecule has 28 heavy (non-hydrogen) atoms. The third-order valence-electron chi connectivity index (χ3n) is 6.66. The van der Waals surface area contributed by atoms with Crippen molar-refractivity contribution < 1.29 is 4.74 Å². The largest absolute Gasteiger partial charge is 0.491 e. The van der Waals surface area contributed by atoms with E-state index in [4.69, 9.17) is 4.74 Å². The van der Waals surface area contributed by atoms with E-state index < -0.39 is 0 Å². The third-order valence-corrected chi connectivity index (χ3v) is 6.66. The van der Waals surface area contributed by atoms with Crippen LogP contribution in [0.4, 0.5) is 0 Å². The van der Waals surface area contributed by atoms with Crippen LogP contribution in [0, 0.1) is 18.3 Å². The Morgan fingerprint density at radius 2 is 1.89 bits per heavy atom. The van der Waals surface area contributed by atoms with Gasteiger partial charge in [-0.15, -0.1) is 0 Å². The molecule has 3 atom stereocenters. The normalized spacial score (nSPS) is 28.4. The zero-order valence-electron chi connectivity index (χ0n) is 19.3. The van der Waals surface area contributed by atoms with Crippen molar-refractivity contribution in [3.63, 3.8) is 0 Å². The van der Waals surface area contributed by atoms with Crippen molar-refractivity contribution in [2.75, 3.05) is 0 Å². The molecular formula is C27H43O-. The molecule has 1 aliphatic carbocycles. The number of unbranched alkanes of at least 4 members (excludes halogenated alkanes) is 2. The Morgan fingerprint density at radius 1 is 1.18 bits per heavy atom. The lowest BCUT2D eigenvalue weighted by Crippen LogP contribution is -2.35. The van der Waals surface area contributed by atoms with Crippen LogP contribution >= 0.6 is 0 Å². The van der Waals surface area contributed by atoms with Crippen LogP contribution in [-0.4, -0.2) is 5.60 Å². The van der Waals surface area contributed by atoms with E-state index >= 15 is 0 Å². The van der Waals surface area contributed by atoms with Gasteiger partial charge in [-0.05, 0) is 77.2 Å². The zero-order valence-corrected chi connectivity index (χ0v) is 19.3. The third kappa shape index (κ3) is 6.98. The first-order valence-corrected chi connectivity index (χ1v) is 11.5. The molecule has 3 unspecified atom stereocenters. The van der Waals surface area contributed by atoms with Gasteiger partial charge < -0.3 is 11.2 Å². The number of rotatable bonds is 10. The Kier molecular flexibility index (Phi) is 9.12. The first-order valence-electron chi connectivity index (χ1n) is 11.5. The summed E-state index contributed by atoms with van der Waals surface area (Å²) in [6.45, 7) is 13.6. The number of hydrogen-bond acceptors (Lipinski definition) is 1. The lowest BCUT2D eigenvalue weighted by Gasteiger charge is -2.41. The minimum Gasteiger partial charge on any atom is -0.491 e. The molecule has 0 saturated carbocycles. The average molecular weight is 384 g/mol. The van der Waals surface area contributed by atoms with Gasteiger partial charge in [0, 0.05) is 5.92 Å². The topological polar surface area (TPSA) is 9.23 Å². The number of allylic oxidation sites excluding steroid dienone is 8. The van der Waals surface area contributed by atoms with Crippen LogP contribution in [0.25, 0.3) is 0 Å². The number of hydrogen-bond donors (Lipinski definition) is 0. The molecule has 0 saturated heterocycles. The summed E-state index contributed by atoms with van der Waals surface area (Å²) in [4.78, 5) is 0. The summed E-state index contributed by atoms with van der Waals surface area (Å²) < 4.78 is 6.59. The predicted molar refractivity (Wildman–Crippen MR) is 123 cm³/mol. The van der Waals surface area contributed by atoms with Crippen LogP contribution in [0.3, 0.4) is 0 Å². The molecule has 158 valence electrons. The van der Waals surface area contributed by atoms with Gasteiger partial charge in [0.2, 0.25) is 0 Å². The van der Waals surface area contributed by atoms with Gasteiger partial charge >= 0.3 is 0 Å². The first-order chi connectivity index (χ1) is 13.3. The van der Waals surface area contributed by atoms with Crippen molar-refractivity contribution >= 4 is 0 Å². The Balaban J connectivity index is 1.76. The first kappa shape index (κ1) is 23.0.